The van der Waals surface area contributed by atoms with Gasteiger partial charge in [-0.15, -0.1) is 0 Å². The van der Waals surface area contributed by atoms with Crippen LogP contribution in [0.5, 0.6) is 11.5 Å². The molecular weight excluding hydrogens is 428 g/mol. The average Bonchev–Trinajstić information content (AvgIpc) is 3.08. The lowest BCUT2D eigenvalue weighted by molar-refractivity contribution is -0.120. The van der Waals surface area contributed by atoms with Gasteiger partial charge in [0.25, 0.3) is 11.8 Å². The van der Waals surface area contributed by atoms with Crippen LogP contribution in [-0.4, -0.2) is 25.5 Å². The summed E-state index contributed by atoms with van der Waals surface area (Å²) in [5, 5.41) is 3.20. The topological polar surface area (TPSA) is 67.9 Å². The first-order chi connectivity index (χ1) is 16.4. The molecule has 2 amide bonds. The molecular formula is C28H28N2O4. The van der Waals surface area contributed by atoms with Gasteiger partial charge < -0.3 is 14.8 Å². The second kappa shape index (κ2) is 9.83. The predicted molar refractivity (Wildman–Crippen MR) is 134 cm³/mol. The third kappa shape index (κ3) is 4.39. The molecule has 6 nitrogen and oxygen atoms in total. The molecule has 0 aromatic heterocycles. The molecule has 174 valence electrons. The number of imide groups is 1. The van der Waals surface area contributed by atoms with Gasteiger partial charge in [-0.05, 0) is 61.7 Å². The molecule has 0 fully saturated rings. The second-order valence-electron chi connectivity index (χ2n) is 8.17. The fourth-order valence-corrected chi connectivity index (χ4v) is 3.87. The molecule has 1 N–H and O–H groups in total. The Hall–Kier alpha value is -4.06. The van der Waals surface area contributed by atoms with Crippen LogP contribution in [0.25, 0.3) is 5.57 Å². The van der Waals surface area contributed by atoms with Crippen molar-refractivity contribution in [2.45, 2.75) is 27.2 Å². The molecule has 4 rings (SSSR count). The van der Waals surface area contributed by atoms with E-state index in [2.05, 4.69) is 5.32 Å². The number of carbonyl (C=O) groups excluding carboxylic acids is 2. The van der Waals surface area contributed by atoms with Gasteiger partial charge >= 0.3 is 0 Å². The fourth-order valence-electron chi connectivity index (χ4n) is 3.87. The van der Waals surface area contributed by atoms with Crippen molar-refractivity contribution in [3.63, 3.8) is 0 Å². The van der Waals surface area contributed by atoms with Crippen molar-refractivity contribution < 1.29 is 19.1 Å². The van der Waals surface area contributed by atoms with E-state index in [4.69, 9.17) is 9.47 Å². The number of amides is 2. The standard InChI is InChI=1S/C28H28N2O4/c1-5-15-34-22-10-8-9-20(17-22)29-26-25(23-11-6-7-12-24(23)33-4)27(31)30(28(26)32)21-14-13-18(2)19(3)16-21/h6-14,16-17,29H,5,15H2,1-4H3. The normalized spacial score (nSPS) is 13.5. The average molecular weight is 457 g/mol. The molecule has 0 bridgehead atoms. The van der Waals surface area contributed by atoms with Gasteiger partial charge in [0.05, 0.1) is 25.0 Å². The number of methoxy groups -OCH3 is 1. The number of ether oxygens (including phenoxy) is 2. The van der Waals surface area contributed by atoms with Gasteiger partial charge in [-0.3, -0.25) is 9.59 Å². The number of nitrogens with zero attached hydrogens (tertiary/aromatic N) is 1. The molecule has 0 atom stereocenters. The van der Waals surface area contributed by atoms with Crippen molar-refractivity contribution in [1.29, 1.82) is 0 Å². The summed E-state index contributed by atoms with van der Waals surface area (Å²) in [6, 6.07) is 20.1. The van der Waals surface area contributed by atoms with Crippen LogP contribution in [0.3, 0.4) is 0 Å². The number of nitrogens with one attached hydrogen (secondary N) is 1. The number of para-hydroxylation sites is 1. The summed E-state index contributed by atoms with van der Waals surface area (Å²) in [5.74, 6) is 0.377. The molecule has 6 heteroatoms. The Bertz CT molecular complexity index is 1280. The lowest BCUT2D eigenvalue weighted by Gasteiger charge is -2.17. The zero-order valence-electron chi connectivity index (χ0n) is 19.8. The molecule has 0 aliphatic carbocycles. The Morgan fingerprint density at radius 2 is 1.68 bits per heavy atom. The van der Waals surface area contributed by atoms with Crippen molar-refractivity contribution in [2.24, 2.45) is 0 Å². The maximum atomic E-state index is 13.7. The molecule has 34 heavy (non-hydrogen) atoms. The summed E-state index contributed by atoms with van der Waals surface area (Å²) in [5.41, 5.74) is 4.28. The third-order valence-electron chi connectivity index (χ3n) is 5.79. The minimum absolute atomic E-state index is 0.195. The Morgan fingerprint density at radius 1 is 0.882 bits per heavy atom. The highest BCUT2D eigenvalue weighted by Gasteiger charge is 2.41. The van der Waals surface area contributed by atoms with Crippen LogP contribution in [0.1, 0.15) is 30.0 Å². The summed E-state index contributed by atoms with van der Waals surface area (Å²) in [7, 11) is 1.55. The van der Waals surface area contributed by atoms with Crippen LogP contribution in [0.2, 0.25) is 0 Å². The van der Waals surface area contributed by atoms with Crippen molar-refractivity contribution >= 4 is 28.8 Å². The van der Waals surface area contributed by atoms with E-state index in [-0.39, 0.29) is 11.3 Å². The number of hydrogen-bond acceptors (Lipinski definition) is 5. The quantitative estimate of drug-likeness (QED) is 0.454. The SMILES string of the molecule is CCCOc1cccc(NC2=C(c3ccccc3OC)C(=O)N(c3ccc(C)c(C)c3)C2=O)c1. The van der Waals surface area contributed by atoms with Gasteiger partial charge in [-0.25, -0.2) is 4.90 Å². The molecule has 1 aliphatic heterocycles. The minimum Gasteiger partial charge on any atom is -0.496 e. The summed E-state index contributed by atoms with van der Waals surface area (Å²) in [6.07, 6.45) is 0.888. The number of carbonyl (C=O) groups is 2. The molecule has 0 unspecified atom stereocenters. The number of rotatable bonds is 8. The van der Waals surface area contributed by atoms with Crippen LogP contribution >= 0.6 is 0 Å². The van der Waals surface area contributed by atoms with Crippen LogP contribution < -0.4 is 19.7 Å². The van der Waals surface area contributed by atoms with E-state index < -0.39 is 11.8 Å². The molecule has 0 saturated carbocycles. The smallest absolute Gasteiger partial charge is 0.282 e. The summed E-state index contributed by atoms with van der Waals surface area (Å²) >= 11 is 0. The van der Waals surface area contributed by atoms with Gasteiger partial charge in [-0.2, -0.15) is 0 Å². The van der Waals surface area contributed by atoms with Crippen LogP contribution in [0.15, 0.2) is 72.4 Å². The highest BCUT2D eigenvalue weighted by atomic mass is 16.5. The van der Waals surface area contributed by atoms with Crippen molar-refractivity contribution in [3.05, 3.63) is 89.1 Å². The lowest BCUT2D eigenvalue weighted by atomic mass is 10.0. The van der Waals surface area contributed by atoms with Crippen molar-refractivity contribution in [3.8, 4) is 11.5 Å². The van der Waals surface area contributed by atoms with Gasteiger partial charge in [0.1, 0.15) is 17.2 Å². The molecule has 0 saturated heterocycles. The molecule has 1 heterocycles. The van der Waals surface area contributed by atoms with E-state index in [0.717, 1.165) is 17.5 Å². The monoisotopic (exact) mass is 456 g/mol. The summed E-state index contributed by atoms with van der Waals surface area (Å²) in [4.78, 5) is 28.6. The maximum Gasteiger partial charge on any atom is 0.282 e. The molecule has 3 aromatic rings. The zero-order valence-corrected chi connectivity index (χ0v) is 19.8. The van der Waals surface area contributed by atoms with E-state index in [1.807, 2.05) is 69.3 Å². The Morgan fingerprint density at radius 3 is 2.41 bits per heavy atom. The van der Waals surface area contributed by atoms with Crippen molar-refractivity contribution in [1.82, 2.24) is 0 Å². The highest BCUT2D eigenvalue weighted by Crippen LogP contribution is 2.38. The number of aryl methyl sites for hydroxylation is 2. The van der Waals surface area contributed by atoms with Gasteiger partial charge in [0.15, 0.2) is 0 Å². The summed E-state index contributed by atoms with van der Waals surface area (Å²) < 4.78 is 11.2. The van der Waals surface area contributed by atoms with E-state index in [0.29, 0.717) is 35.0 Å². The number of benzene rings is 3. The fraction of sp³-hybridized carbons (Fsp3) is 0.214. The first kappa shape index (κ1) is 23.1. The van der Waals surface area contributed by atoms with E-state index >= 15 is 0 Å². The van der Waals surface area contributed by atoms with Crippen LogP contribution in [0.4, 0.5) is 11.4 Å². The van der Waals surface area contributed by atoms with Crippen molar-refractivity contribution in [2.75, 3.05) is 23.9 Å². The first-order valence-corrected chi connectivity index (χ1v) is 11.3. The van der Waals surface area contributed by atoms with Gasteiger partial charge in [-0.1, -0.05) is 37.3 Å². The largest absolute Gasteiger partial charge is 0.496 e. The maximum absolute atomic E-state index is 13.7. The predicted octanol–water partition coefficient (Wildman–Crippen LogP) is 5.50. The second-order valence-corrected chi connectivity index (χ2v) is 8.17. The van der Waals surface area contributed by atoms with Gasteiger partial charge in [0, 0.05) is 17.3 Å². The zero-order chi connectivity index (χ0) is 24.2. The lowest BCUT2D eigenvalue weighted by Crippen LogP contribution is -2.32. The van der Waals surface area contributed by atoms with Crippen LogP contribution in [0, 0.1) is 13.8 Å². The molecule has 0 radical (unpaired) electrons. The highest BCUT2D eigenvalue weighted by molar-refractivity contribution is 6.46. The van der Waals surface area contributed by atoms with E-state index in [1.165, 1.54) is 4.90 Å². The first-order valence-electron chi connectivity index (χ1n) is 11.3. The van der Waals surface area contributed by atoms with Crippen LogP contribution in [-0.2, 0) is 9.59 Å². The Kier molecular flexibility index (Phi) is 6.68. The number of hydrogen-bond donors (Lipinski definition) is 1. The van der Waals surface area contributed by atoms with E-state index in [9.17, 15) is 9.59 Å². The molecule has 0 spiro atoms. The number of anilines is 2. The third-order valence-corrected chi connectivity index (χ3v) is 5.79. The van der Waals surface area contributed by atoms with Gasteiger partial charge in [0.2, 0.25) is 0 Å². The molecule has 3 aromatic carbocycles. The molecule has 1 aliphatic rings. The Balaban J connectivity index is 1.81. The Labute approximate surface area is 199 Å². The summed E-state index contributed by atoms with van der Waals surface area (Å²) in [6.45, 7) is 6.58. The van der Waals surface area contributed by atoms with E-state index in [1.54, 1.807) is 25.3 Å². The minimum atomic E-state index is -0.422.